The molecule has 0 spiro atoms. The summed E-state index contributed by atoms with van der Waals surface area (Å²) < 4.78 is 5.30. The molecule has 0 saturated heterocycles. The maximum Gasteiger partial charge on any atom is 0.277 e. The Morgan fingerprint density at radius 3 is 2.77 bits per heavy atom. The molecule has 0 aliphatic rings. The van der Waals surface area contributed by atoms with Crippen molar-refractivity contribution in [2.24, 2.45) is 5.10 Å². The van der Waals surface area contributed by atoms with E-state index in [1.54, 1.807) is 50.2 Å². The molecule has 2 aromatic carbocycles. The number of para-hydroxylation sites is 1. The number of hydrogen-bond acceptors (Lipinski definition) is 6. The van der Waals surface area contributed by atoms with Crippen LogP contribution in [0.4, 0.5) is 5.69 Å². The summed E-state index contributed by atoms with van der Waals surface area (Å²) in [6.45, 7) is 2.95. The molecule has 0 radical (unpaired) electrons. The summed E-state index contributed by atoms with van der Waals surface area (Å²) in [7, 11) is 0. The van der Waals surface area contributed by atoms with E-state index in [2.05, 4.69) is 10.5 Å². The van der Waals surface area contributed by atoms with Crippen molar-refractivity contribution in [1.82, 2.24) is 5.43 Å². The molecule has 0 aliphatic carbocycles. The van der Waals surface area contributed by atoms with Gasteiger partial charge in [0.15, 0.2) is 6.61 Å². The molecule has 0 fully saturated rings. The van der Waals surface area contributed by atoms with Crippen LogP contribution in [0.3, 0.4) is 0 Å². The lowest BCUT2D eigenvalue weighted by atomic mass is 10.1. The SMILES string of the molecule is C/C(=N/NC(=O)COc1ccccc1C#N)c1ccc(C)c([N+](=O)[O-])c1. The lowest BCUT2D eigenvalue weighted by Gasteiger charge is -2.07. The minimum atomic E-state index is -0.515. The highest BCUT2D eigenvalue weighted by Crippen LogP contribution is 2.19. The van der Waals surface area contributed by atoms with Gasteiger partial charge in [0.2, 0.25) is 0 Å². The van der Waals surface area contributed by atoms with Crippen molar-refractivity contribution in [2.75, 3.05) is 6.61 Å². The lowest BCUT2D eigenvalue weighted by molar-refractivity contribution is -0.385. The number of nitrogens with zero attached hydrogens (tertiary/aromatic N) is 3. The van der Waals surface area contributed by atoms with Crippen LogP contribution >= 0.6 is 0 Å². The summed E-state index contributed by atoms with van der Waals surface area (Å²) >= 11 is 0. The highest BCUT2D eigenvalue weighted by Gasteiger charge is 2.12. The Balaban J connectivity index is 2.00. The van der Waals surface area contributed by atoms with Gasteiger partial charge in [-0.25, -0.2) is 5.43 Å². The van der Waals surface area contributed by atoms with Crippen molar-refractivity contribution in [2.45, 2.75) is 13.8 Å². The molecule has 0 saturated carbocycles. The molecule has 8 heteroatoms. The summed E-state index contributed by atoms with van der Waals surface area (Å²) in [5.41, 5.74) is 4.12. The lowest BCUT2D eigenvalue weighted by Crippen LogP contribution is -2.25. The van der Waals surface area contributed by atoms with Gasteiger partial charge in [-0.15, -0.1) is 0 Å². The fourth-order valence-electron chi connectivity index (χ4n) is 2.10. The third-order valence-corrected chi connectivity index (χ3v) is 3.54. The van der Waals surface area contributed by atoms with Crippen LogP contribution < -0.4 is 10.2 Å². The molecule has 8 nitrogen and oxygen atoms in total. The first kappa shape index (κ1) is 18.6. The summed E-state index contributed by atoms with van der Waals surface area (Å²) in [5, 5.41) is 23.9. The Kier molecular flexibility index (Phi) is 6.01. The van der Waals surface area contributed by atoms with Crippen LogP contribution in [0.15, 0.2) is 47.6 Å². The molecule has 132 valence electrons. The van der Waals surface area contributed by atoms with Crippen molar-refractivity contribution in [3.05, 3.63) is 69.3 Å². The first-order chi connectivity index (χ1) is 12.4. The van der Waals surface area contributed by atoms with Gasteiger partial charge in [-0.2, -0.15) is 10.4 Å². The fourth-order valence-corrected chi connectivity index (χ4v) is 2.10. The summed E-state index contributed by atoms with van der Waals surface area (Å²) in [6, 6.07) is 13.2. The monoisotopic (exact) mass is 352 g/mol. The van der Waals surface area contributed by atoms with E-state index < -0.39 is 10.8 Å². The molecule has 2 aromatic rings. The second-order valence-electron chi connectivity index (χ2n) is 5.39. The van der Waals surface area contributed by atoms with Crippen molar-refractivity contribution in [1.29, 1.82) is 5.26 Å². The molecule has 1 N–H and O–H groups in total. The van der Waals surface area contributed by atoms with E-state index >= 15 is 0 Å². The normalized spacial score (nSPS) is 10.7. The molecule has 0 heterocycles. The number of nitro groups is 1. The number of nitro benzene ring substituents is 1. The third-order valence-electron chi connectivity index (χ3n) is 3.54. The maximum absolute atomic E-state index is 11.8. The Labute approximate surface area is 149 Å². The zero-order valence-corrected chi connectivity index (χ0v) is 14.2. The smallest absolute Gasteiger partial charge is 0.277 e. The average Bonchev–Trinajstić information content (AvgIpc) is 2.64. The predicted molar refractivity (Wildman–Crippen MR) is 94.8 cm³/mol. The first-order valence-corrected chi connectivity index (χ1v) is 7.63. The Morgan fingerprint density at radius 1 is 1.35 bits per heavy atom. The van der Waals surface area contributed by atoms with Crippen molar-refractivity contribution >= 4 is 17.3 Å². The summed E-state index contributed by atoms with van der Waals surface area (Å²) in [6.07, 6.45) is 0. The van der Waals surface area contributed by atoms with Crippen LogP contribution in [0.25, 0.3) is 0 Å². The van der Waals surface area contributed by atoms with E-state index in [-0.39, 0.29) is 12.3 Å². The number of hydrogen-bond donors (Lipinski definition) is 1. The number of nitrogens with one attached hydrogen (secondary N) is 1. The molecule has 0 unspecified atom stereocenters. The second kappa shape index (κ2) is 8.39. The van der Waals surface area contributed by atoms with Crippen LogP contribution in [-0.4, -0.2) is 23.1 Å². The number of rotatable bonds is 6. The van der Waals surface area contributed by atoms with Crippen LogP contribution in [0, 0.1) is 28.4 Å². The summed E-state index contributed by atoms with van der Waals surface area (Å²) in [4.78, 5) is 22.4. The van der Waals surface area contributed by atoms with Crippen LogP contribution in [0.5, 0.6) is 5.75 Å². The molecule has 0 aromatic heterocycles. The van der Waals surface area contributed by atoms with Crippen LogP contribution in [-0.2, 0) is 4.79 Å². The number of amides is 1. The molecular weight excluding hydrogens is 336 g/mol. The average molecular weight is 352 g/mol. The number of ether oxygens (including phenoxy) is 1. The number of carbonyl (C=O) groups is 1. The Morgan fingerprint density at radius 2 is 2.08 bits per heavy atom. The van der Waals surface area contributed by atoms with Gasteiger partial charge < -0.3 is 4.74 Å². The molecule has 0 atom stereocenters. The van der Waals surface area contributed by atoms with Gasteiger partial charge in [-0.1, -0.05) is 24.3 Å². The number of carbonyl (C=O) groups excluding carboxylic acids is 1. The number of hydrazone groups is 1. The fraction of sp³-hybridized carbons (Fsp3) is 0.167. The highest BCUT2D eigenvalue weighted by atomic mass is 16.6. The summed E-state index contributed by atoms with van der Waals surface area (Å²) in [5.74, 6) is -0.210. The van der Waals surface area contributed by atoms with E-state index in [9.17, 15) is 14.9 Å². The van der Waals surface area contributed by atoms with E-state index in [0.29, 0.717) is 28.2 Å². The standard InChI is InChI=1S/C18H16N4O4/c1-12-7-8-14(9-16(12)22(24)25)13(2)20-21-18(23)11-26-17-6-4-3-5-15(17)10-19/h3-9H,11H2,1-2H3,(H,21,23)/b20-13-. The maximum atomic E-state index is 11.8. The van der Waals surface area contributed by atoms with Gasteiger partial charge >= 0.3 is 0 Å². The minimum absolute atomic E-state index is 0.0141. The third kappa shape index (κ3) is 4.64. The molecule has 0 bridgehead atoms. The molecule has 26 heavy (non-hydrogen) atoms. The predicted octanol–water partition coefficient (Wildman–Crippen LogP) is 2.69. The molecule has 1 amide bonds. The van der Waals surface area contributed by atoms with E-state index in [1.807, 2.05) is 6.07 Å². The number of aryl methyl sites for hydroxylation is 1. The topological polar surface area (TPSA) is 118 Å². The van der Waals surface area contributed by atoms with Gasteiger partial charge in [0.05, 0.1) is 16.2 Å². The Hall–Kier alpha value is -3.73. The molecular formula is C18H16N4O4. The van der Waals surface area contributed by atoms with Crippen molar-refractivity contribution in [3.8, 4) is 11.8 Å². The van der Waals surface area contributed by atoms with Gasteiger partial charge in [-0.05, 0) is 26.0 Å². The Bertz CT molecular complexity index is 916. The molecule has 0 aliphatic heterocycles. The van der Waals surface area contributed by atoms with Gasteiger partial charge in [0, 0.05) is 17.2 Å². The second-order valence-corrected chi connectivity index (χ2v) is 5.39. The van der Waals surface area contributed by atoms with E-state index in [4.69, 9.17) is 10.00 Å². The van der Waals surface area contributed by atoms with Crippen LogP contribution in [0.2, 0.25) is 0 Å². The quantitative estimate of drug-likeness (QED) is 0.487. The van der Waals surface area contributed by atoms with E-state index in [0.717, 1.165) is 0 Å². The van der Waals surface area contributed by atoms with Crippen molar-refractivity contribution < 1.29 is 14.5 Å². The first-order valence-electron chi connectivity index (χ1n) is 7.63. The van der Waals surface area contributed by atoms with Gasteiger partial charge in [-0.3, -0.25) is 14.9 Å². The minimum Gasteiger partial charge on any atom is -0.482 e. The van der Waals surface area contributed by atoms with Crippen LogP contribution in [0.1, 0.15) is 23.6 Å². The number of benzene rings is 2. The van der Waals surface area contributed by atoms with E-state index in [1.165, 1.54) is 6.07 Å². The molecule has 2 rings (SSSR count). The number of nitriles is 1. The zero-order chi connectivity index (χ0) is 19.1. The van der Waals surface area contributed by atoms with Gasteiger partial charge in [0.1, 0.15) is 11.8 Å². The largest absolute Gasteiger partial charge is 0.482 e. The highest BCUT2D eigenvalue weighted by molar-refractivity contribution is 5.99. The zero-order valence-electron chi connectivity index (χ0n) is 14.2. The van der Waals surface area contributed by atoms with Crippen molar-refractivity contribution in [3.63, 3.8) is 0 Å². The van der Waals surface area contributed by atoms with Gasteiger partial charge in [0.25, 0.3) is 11.6 Å².